The fourth-order valence-electron chi connectivity index (χ4n) is 7.85. The first-order chi connectivity index (χ1) is 30.2. The summed E-state index contributed by atoms with van der Waals surface area (Å²) in [6, 6.07) is 29.7. The van der Waals surface area contributed by atoms with Crippen LogP contribution >= 0.6 is 0 Å². The predicted molar refractivity (Wildman–Crippen MR) is 215 cm³/mol. The zero-order valence-electron chi connectivity index (χ0n) is 32.7. The molecule has 0 aliphatic heterocycles. The molecule has 0 aromatic heterocycles. The molecule has 16 heteroatoms. The Kier molecular flexibility index (Phi) is 10.8. The van der Waals surface area contributed by atoms with Crippen LogP contribution in [0, 0.1) is 60.4 Å². The molecule has 0 saturated heterocycles. The predicted octanol–water partition coefficient (Wildman–Crippen LogP) is 16.4. The standard InChI is InChI=1S/C48H26F14N2/c1-23-21-27(17-19-31(23)63(33-15-7-11-25-9-3-5-13-29(25)33)45-41(53)37(49)35(47(57,58)59)38(50)42(45)54)28-18-20-32(24(2)22-28)64(34-16-8-12-26-10-4-6-14-30(26)34)46-43(55)39(51)36(48(60,61)62)40(52)44(46)56/h3-22H,1-2H3. The zero-order chi connectivity index (χ0) is 46.2. The van der Waals surface area contributed by atoms with Crippen LogP contribution in [0.3, 0.4) is 0 Å². The van der Waals surface area contributed by atoms with E-state index in [1.165, 1.54) is 86.6 Å². The Labute approximate surface area is 353 Å². The lowest BCUT2D eigenvalue weighted by Gasteiger charge is -2.30. The number of fused-ring (bicyclic) bond motifs is 2. The van der Waals surface area contributed by atoms with Gasteiger partial charge in [-0.25, -0.2) is 35.1 Å². The van der Waals surface area contributed by atoms with Crippen LogP contribution in [0.5, 0.6) is 0 Å². The number of hydrogen-bond donors (Lipinski definition) is 0. The second-order valence-corrected chi connectivity index (χ2v) is 14.6. The van der Waals surface area contributed by atoms with Gasteiger partial charge in [0, 0.05) is 22.1 Å². The van der Waals surface area contributed by atoms with Gasteiger partial charge < -0.3 is 9.80 Å². The summed E-state index contributed by atoms with van der Waals surface area (Å²) in [5.74, 6) is -20.0. The highest BCUT2D eigenvalue weighted by Gasteiger charge is 2.45. The van der Waals surface area contributed by atoms with E-state index in [-0.39, 0.29) is 44.6 Å². The summed E-state index contributed by atoms with van der Waals surface area (Å²) in [6.07, 6.45) is -11.6. The van der Waals surface area contributed by atoms with Crippen LogP contribution in [0.4, 0.5) is 95.6 Å². The lowest BCUT2D eigenvalue weighted by molar-refractivity contribution is -0.144. The first-order valence-corrected chi connectivity index (χ1v) is 18.9. The molecule has 64 heavy (non-hydrogen) atoms. The molecule has 8 aromatic carbocycles. The Hall–Kier alpha value is -7.10. The number of benzene rings is 8. The molecule has 0 heterocycles. The second kappa shape index (κ2) is 15.9. The number of hydrogen-bond acceptors (Lipinski definition) is 2. The number of rotatable bonds is 7. The van der Waals surface area contributed by atoms with Gasteiger partial charge in [0.05, 0.1) is 11.4 Å². The Morgan fingerprint density at radius 2 is 0.656 bits per heavy atom. The smallest absolute Gasteiger partial charge is 0.304 e. The van der Waals surface area contributed by atoms with Crippen molar-refractivity contribution >= 4 is 55.7 Å². The van der Waals surface area contributed by atoms with Crippen molar-refractivity contribution in [2.75, 3.05) is 9.80 Å². The topological polar surface area (TPSA) is 6.48 Å². The van der Waals surface area contributed by atoms with Crippen molar-refractivity contribution in [1.82, 2.24) is 0 Å². The summed E-state index contributed by atoms with van der Waals surface area (Å²) in [4.78, 5) is 1.50. The van der Waals surface area contributed by atoms with Crippen LogP contribution in [-0.2, 0) is 12.4 Å². The van der Waals surface area contributed by atoms with E-state index >= 15 is 35.1 Å². The Morgan fingerprint density at radius 1 is 0.344 bits per heavy atom. The van der Waals surface area contributed by atoms with E-state index in [0.29, 0.717) is 21.9 Å². The maximum absolute atomic E-state index is 15.9. The van der Waals surface area contributed by atoms with E-state index < -0.39 is 81.4 Å². The first-order valence-electron chi connectivity index (χ1n) is 18.9. The maximum atomic E-state index is 15.9. The lowest BCUT2D eigenvalue weighted by atomic mass is 9.97. The van der Waals surface area contributed by atoms with Crippen LogP contribution in [-0.4, -0.2) is 0 Å². The van der Waals surface area contributed by atoms with E-state index in [1.54, 1.807) is 48.5 Å². The normalized spacial score (nSPS) is 12.1. The van der Waals surface area contributed by atoms with Gasteiger partial charge in [0.2, 0.25) is 0 Å². The molecule has 0 atom stereocenters. The molecule has 0 aliphatic carbocycles. The third kappa shape index (κ3) is 7.19. The van der Waals surface area contributed by atoms with Gasteiger partial charge in [-0.1, -0.05) is 84.9 Å². The maximum Gasteiger partial charge on any atom is 0.422 e. The highest BCUT2D eigenvalue weighted by Crippen LogP contribution is 2.49. The Bertz CT molecular complexity index is 2890. The molecular formula is C48H26F14N2. The number of halogens is 14. The van der Waals surface area contributed by atoms with E-state index in [4.69, 9.17) is 0 Å². The van der Waals surface area contributed by atoms with Gasteiger partial charge in [0.25, 0.3) is 0 Å². The van der Waals surface area contributed by atoms with Crippen LogP contribution in [0.2, 0.25) is 0 Å². The van der Waals surface area contributed by atoms with E-state index in [0.717, 1.165) is 9.80 Å². The number of alkyl halides is 6. The zero-order valence-corrected chi connectivity index (χ0v) is 32.7. The summed E-state index contributed by atoms with van der Waals surface area (Å²) in [5, 5.41) is 1.55. The monoisotopic (exact) mass is 896 g/mol. The lowest BCUT2D eigenvalue weighted by Crippen LogP contribution is -2.21. The average molecular weight is 897 g/mol. The summed E-state index contributed by atoms with van der Waals surface area (Å²) in [5.41, 5.74) is -7.92. The molecule has 0 radical (unpaired) electrons. The highest BCUT2D eigenvalue weighted by atomic mass is 19.4. The SMILES string of the molecule is Cc1cc(-c2ccc(N(c3c(F)c(F)c(C(F)(F)F)c(F)c3F)c3cccc4ccccc34)c(C)c2)ccc1N(c1c(F)c(F)c(C(F)(F)F)c(F)c1F)c1cccc2ccccc12. The number of anilines is 6. The van der Waals surface area contributed by atoms with Crippen molar-refractivity contribution in [2.24, 2.45) is 0 Å². The number of nitrogens with zero attached hydrogens (tertiary/aromatic N) is 2. The van der Waals surface area contributed by atoms with Crippen LogP contribution in [0.25, 0.3) is 32.7 Å². The van der Waals surface area contributed by atoms with Crippen LogP contribution < -0.4 is 9.80 Å². The summed E-state index contributed by atoms with van der Waals surface area (Å²) in [7, 11) is 0. The Balaban J connectivity index is 1.30. The molecule has 0 spiro atoms. The molecule has 0 fully saturated rings. The minimum Gasteiger partial charge on any atom is -0.304 e. The molecule has 8 aromatic rings. The second-order valence-electron chi connectivity index (χ2n) is 14.6. The van der Waals surface area contributed by atoms with Crippen molar-refractivity contribution in [3.05, 3.63) is 190 Å². The van der Waals surface area contributed by atoms with Gasteiger partial charge in [-0.05, 0) is 83.3 Å². The quantitative estimate of drug-likeness (QED) is 0.116. The van der Waals surface area contributed by atoms with E-state index in [1.807, 2.05) is 0 Å². The number of aryl methyl sites for hydroxylation is 2. The molecule has 0 bridgehead atoms. The molecule has 0 N–H and O–H groups in total. The van der Waals surface area contributed by atoms with Gasteiger partial charge in [-0.3, -0.25) is 0 Å². The largest absolute Gasteiger partial charge is 0.422 e. The van der Waals surface area contributed by atoms with Crippen LogP contribution in [0.15, 0.2) is 121 Å². The molecule has 0 aliphatic rings. The summed E-state index contributed by atoms with van der Waals surface area (Å²) < 4.78 is 206. The van der Waals surface area contributed by atoms with Crippen molar-refractivity contribution in [1.29, 1.82) is 0 Å². The summed E-state index contributed by atoms with van der Waals surface area (Å²) in [6.45, 7) is 2.87. The third-order valence-corrected chi connectivity index (χ3v) is 10.7. The van der Waals surface area contributed by atoms with Crippen molar-refractivity contribution < 1.29 is 61.5 Å². The first kappa shape index (κ1) is 43.5. The minimum absolute atomic E-state index is 0.0744. The fraction of sp³-hybridized carbons (Fsp3) is 0.0833. The summed E-state index contributed by atoms with van der Waals surface area (Å²) >= 11 is 0. The van der Waals surface area contributed by atoms with E-state index in [2.05, 4.69) is 0 Å². The van der Waals surface area contributed by atoms with Gasteiger partial charge >= 0.3 is 12.4 Å². The fourth-order valence-corrected chi connectivity index (χ4v) is 7.85. The highest BCUT2D eigenvalue weighted by molar-refractivity contribution is 6.01. The molecule has 8 rings (SSSR count). The van der Waals surface area contributed by atoms with Gasteiger partial charge in [-0.15, -0.1) is 0 Å². The van der Waals surface area contributed by atoms with Gasteiger partial charge in [0.15, 0.2) is 46.5 Å². The van der Waals surface area contributed by atoms with Gasteiger partial charge in [0.1, 0.15) is 22.5 Å². The molecule has 0 saturated carbocycles. The Morgan fingerprint density at radius 3 is 0.969 bits per heavy atom. The van der Waals surface area contributed by atoms with Crippen molar-refractivity contribution in [3.8, 4) is 11.1 Å². The van der Waals surface area contributed by atoms with Crippen molar-refractivity contribution in [3.63, 3.8) is 0 Å². The molecule has 326 valence electrons. The minimum atomic E-state index is -5.80. The van der Waals surface area contributed by atoms with Gasteiger partial charge in [-0.2, -0.15) is 26.3 Å². The van der Waals surface area contributed by atoms with Crippen molar-refractivity contribution in [2.45, 2.75) is 26.2 Å². The van der Waals surface area contributed by atoms with E-state index in [9.17, 15) is 26.3 Å². The average Bonchev–Trinajstić information content (AvgIpc) is 3.24. The third-order valence-electron chi connectivity index (χ3n) is 10.7. The molecule has 0 unspecified atom stereocenters. The molecular weight excluding hydrogens is 871 g/mol. The molecule has 0 amide bonds. The van der Waals surface area contributed by atoms with Crippen LogP contribution in [0.1, 0.15) is 22.3 Å². The molecule has 2 nitrogen and oxygen atoms in total.